The van der Waals surface area contributed by atoms with Gasteiger partial charge in [0.15, 0.2) is 0 Å². The van der Waals surface area contributed by atoms with Gasteiger partial charge in [-0.15, -0.1) is 0 Å². The van der Waals surface area contributed by atoms with Crippen LogP contribution in [0.1, 0.15) is 0 Å². The van der Waals surface area contributed by atoms with E-state index < -0.39 is 0 Å². The van der Waals surface area contributed by atoms with Gasteiger partial charge in [0.1, 0.15) is 0 Å². The Morgan fingerprint density at radius 3 is 1.57 bits per heavy atom. The van der Waals surface area contributed by atoms with E-state index in [-0.39, 0.29) is 17.1 Å². The Kier molecular flexibility index (Phi) is 3.66. The summed E-state index contributed by atoms with van der Waals surface area (Å²) in [5.41, 5.74) is 0. The van der Waals surface area contributed by atoms with Crippen molar-refractivity contribution in [2.75, 3.05) is 0 Å². The van der Waals surface area contributed by atoms with Gasteiger partial charge in [-0.25, -0.2) is 4.42 Å². The van der Waals surface area contributed by atoms with Crippen LogP contribution in [0.3, 0.4) is 0 Å². The molecule has 0 unspecified atom stereocenters. The van der Waals surface area contributed by atoms with Gasteiger partial charge in [0.05, 0.1) is 0 Å². The van der Waals surface area contributed by atoms with E-state index in [9.17, 15) is 0 Å². The van der Waals surface area contributed by atoms with E-state index >= 15 is 0 Å². The molecule has 0 saturated carbocycles. The molecule has 0 bridgehead atoms. The van der Waals surface area contributed by atoms with Crippen LogP contribution in [-0.4, -0.2) is 17.1 Å². The van der Waals surface area contributed by atoms with Crippen molar-refractivity contribution in [2.24, 2.45) is 0 Å². The number of hydrogen-bond donors (Lipinski definition) is 0. The Morgan fingerprint density at radius 1 is 0.857 bits per heavy atom. The second-order valence-electron chi connectivity index (χ2n) is 0.986. The normalized spacial score (nSPS) is 6.86. The topological polar surface area (TPSA) is 11.3 Å². The van der Waals surface area contributed by atoms with Gasteiger partial charge in [-0.05, 0) is 6.07 Å². The third kappa shape index (κ3) is 2.38. The molecule has 0 radical (unpaired) electrons. The molecule has 0 saturated heterocycles. The van der Waals surface area contributed by atoms with Crippen LogP contribution < -0.4 is 0 Å². The molecule has 2 heteroatoms. The number of hydrogen-bond acceptors (Lipinski definition) is 0. The molecule has 1 rings (SSSR count). The first kappa shape index (κ1) is 6.67. The fourth-order valence-corrected chi connectivity index (χ4v) is 0.291. The molecular formula is C5H7OSe+. The average molecular weight is 162 g/mol. The summed E-state index contributed by atoms with van der Waals surface area (Å²) in [6, 6.07) is 5.57. The Balaban J connectivity index is 0.000000360. The second kappa shape index (κ2) is 3.85. The van der Waals surface area contributed by atoms with Crippen LogP contribution in [0.2, 0.25) is 0 Å². The molecule has 0 fully saturated rings. The van der Waals surface area contributed by atoms with Crippen molar-refractivity contribution in [1.29, 1.82) is 0 Å². The zero-order valence-electron chi connectivity index (χ0n) is 3.79. The van der Waals surface area contributed by atoms with Gasteiger partial charge in [-0.2, -0.15) is 0 Å². The molecule has 1 aromatic rings. The summed E-state index contributed by atoms with van der Waals surface area (Å²) in [5.74, 6) is 0. The van der Waals surface area contributed by atoms with Crippen molar-refractivity contribution < 1.29 is 4.42 Å². The van der Waals surface area contributed by atoms with Crippen LogP contribution in [0.5, 0.6) is 0 Å². The minimum absolute atomic E-state index is 0. The molecule has 0 aromatic carbocycles. The summed E-state index contributed by atoms with van der Waals surface area (Å²) >= 11 is 0. The SMILES string of the molecule is [SeH2].c1cc[o+]cc1. The van der Waals surface area contributed by atoms with Crippen molar-refractivity contribution in [3.63, 3.8) is 0 Å². The molecular weight excluding hydrogens is 155 g/mol. The monoisotopic (exact) mass is 163 g/mol. The third-order valence-electron chi connectivity index (χ3n) is 0.536. The minimum atomic E-state index is 0. The predicted molar refractivity (Wildman–Crippen MR) is 31.7 cm³/mol. The average Bonchev–Trinajstić information content (AvgIpc) is 1.72. The quantitative estimate of drug-likeness (QED) is 0.402. The molecule has 38 valence electrons. The van der Waals surface area contributed by atoms with E-state index in [1.807, 2.05) is 18.2 Å². The molecule has 0 aliphatic rings. The molecule has 7 heavy (non-hydrogen) atoms. The van der Waals surface area contributed by atoms with Gasteiger partial charge in [-0.1, -0.05) is 0 Å². The van der Waals surface area contributed by atoms with E-state index in [0.717, 1.165) is 0 Å². The van der Waals surface area contributed by atoms with Gasteiger partial charge in [0, 0.05) is 12.1 Å². The molecule has 1 heterocycles. The van der Waals surface area contributed by atoms with E-state index in [2.05, 4.69) is 4.42 Å². The first-order valence-electron chi connectivity index (χ1n) is 1.80. The van der Waals surface area contributed by atoms with Crippen LogP contribution >= 0.6 is 0 Å². The van der Waals surface area contributed by atoms with Gasteiger partial charge >= 0.3 is 29.6 Å². The van der Waals surface area contributed by atoms with Crippen molar-refractivity contribution >= 4 is 17.1 Å². The summed E-state index contributed by atoms with van der Waals surface area (Å²) in [5, 5.41) is 0. The summed E-state index contributed by atoms with van der Waals surface area (Å²) < 4.78 is 4.68. The standard InChI is InChI=1S/C5H5O.H2Se/c1-2-4-6-5-3-1;/h1-5H;1H2/q+1;. The number of rotatable bonds is 0. The maximum Gasteiger partial charge on any atom is 0.317 e. The van der Waals surface area contributed by atoms with E-state index in [4.69, 9.17) is 0 Å². The molecule has 0 aliphatic carbocycles. The van der Waals surface area contributed by atoms with Crippen molar-refractivity contribution in [3.8, 4) is 0 Å². The van der Waals surface area contributed by atoms with Crippen LogP contribution in [0.15, 0.2) is 35.1 Å². The van der Waals surface area contributed by atoms with Crippen molar-refractivity contribution in [2.45, 2.75) is 0 Å². The first-order valence-corrected chi connectivity index (χ1v) is 1.80. The van der Waals surface area contributed by atoms with Crippen molar-refractivity contribution in [3.05, 3.63) is 30.7 Å². The van der Waals surface area contributed by atoms with Crippen LogP contribution in [0, 0.1) is 0 Å². The van der Waals surface area contributed by atoms with E-state index in [1.165, 1.54) is 0 Å². The Bertz CT molecular complexity index is 80.0. The van der Waals surface area contributed by atoms with Gasteiger partial charge < -0.3 is 0 Å². The molecule has 0 atom stereocenters. The Hall–Kier alpha value is -0.331. The van der Waals surface area contributed by atoms with Gasteiger partial charge in [-0.3, -0.25) is 0 Å². The smallest absolute Gasteiger partial charge is 0.224 e. The van der Waals surface area contributed by atoms with Crippen LogP contribution in [0.4, 0.5) is 0 Å². The fraction of sp³-hybridized carbons (Fsp3) is 0. The summed E-state index contributed by atoms with van der Waals surface area (Å²) in [4.78, 5) is 0. The molecule has 1 nitrogen and oxygen atoms in total. The molecule has 0 amide bonds. The predicted octanol–water partition coefficient (Wildman–Crippen LogP) is 0.644. The largest absolute Gasteiger partial charge is 0.317 e. The van der Waals surface area contributed by atoms with Crippen LogP contribution in [-0.2, 0) is 0 Å². The molecule has 0 spiro atoms. The van der Waals surface area contributed by atoms with Gasteiger partial charge in [0.2, 0.25) is 0 Å². The maximum atomic E-state index is 4.68. The van der Waals surface area contributed by atoms with Gasteiger partial charge in [0.25, 0.3) is 0 Å². The van der Waals surface area contributed by atoms with E-state index in [1.54, 1.807) is 12.5 Å². The fourth-order valence-electron chi connectivity index (χ4n) is 0.291. The van der Waals surface area contributed by atoms with Crippen LogP contribution in [0.25, 0.3) is 0 Å². The summed E-state index contributed by atoms with van der Waals surface area (Å²) in [7, 11) is 0. The minimum Gasteiger partial charge on any atom is -0.224 e. The zero-order valence-corrected chi connectivity index (χ0v) is 5.89. The summed E-state index contributed by atoms with van der Waals surface area (Å²) in [6.45, 7) is 0. The van der Waals surface area contributed by atoms with E-state index in [0.29, 0.717) is 0 Å². The zero-order chi connectivity index (χ0) is 4.24. The molecule has 0 N–H and O–H groups in total. The molecule has 1 aromatic heterocycles. The molecule has 0 aliphatic heterocycles. The van der Waals surface area contributed by atoms with Crippen molar-refractivity contribution in [1.82, 2.24) is 0 Å². The summed E-state index contributed by atoms with van der Waals surface area (Å²) in [6.07, 6.45) is 3.25. The second-order valence-corrected chi connectivity index (χ2v) is 0.986. The first-order chi connectivity index (χ1) is 3.00. The Labute approximate surface area is 52.8 Å². The third-order valence-corrected chi connectivity index (χ3v) is 0.536. The maximum absolute atomic E-state index is 4.68. The Morgan fingerprint density at radius 2 is 1.43 bits per heavy atom.